The number of amides is 1. The molecule has 1 aliphatic rings. The van der Waals surface area contributed by atoms with Crippen LogP contribution in [0.1, 0.15) is 17.7 Å². The number of nitrogens with zero attached hydrogens (tertiary/aromatic N) is 3. The zero-order valence-corrected chi connectivity index (χ0v) is 17.5. The summed E-state index contributed by atoms with van der Waals surface area (Å²) >= 11 is 0. The van der Waals surface area contributed by atoms with Crippen molar-refractivity contribution in [3.8, 4) is 0 Å². The summed E-state index contributed by atoms with van der Waals surface area (Å²) in [5.74, 6) is -4.13. The molecule has 32 heavy (non-hydrogen) atoms. The van der Waals surface area contributed by atoms with Gasteiger partial charge in [0.1, 0.15) is 6.54 Å². The fourth-order valence-corrected chi connectivity index (χ4v) is 3.19. The normalized spacial score (nSPS) is 16.5. The summed E-state index contributed by atoms with van der Waals surface area (Å²) in [6.07, 6.45) is 1.85. The van der Waals surface area contributed by atoms with Crippen LogP contribution in [-0.2, 0) is 22.1 Å². The van der Waals surface area contributed by atoms with Gasteiger partial charge in [0.25, 0.3) is 11.5 Å². The molecule has 1 aliphatic heterocycles. The minimum Gasteiger partial charge on any atom is -0.368 e. The third kappa shape index (κ3) is 5.58. The van der Waals surface area contributed by atoms with Gasteiger partial charge in [-0.25, -0.2) is 10.0 Å². The van der Waals surface area contributed by atoms with Crippen molar-refractivity contribution in [3.63, 3.8) is 0 Å². The molecule has 0 aliphatic carbocycles. The Balaban J connectivity index is 1.63. The van der Waals surface area contributed by atoms with E-state index in [9.17, 15) is 18.4 Å². The van der Waals surface area contributed by atoms with Crippen molar-refractivity contribution in [1.29, 1.82) is 5.41 Å². The molecule has 172 valence electrons. The Morgan fingerprint density at radius 3 is 2.72 bits per heavy atom. The molecule has 5 N–H and O–H groups in total. The van der Waals surface area contributed by atoms with Crippen molar-refractivity contribution in [1.82, 2.24) is 19.9 Å². The summed E-state index contributed by atoms with van der Waals surface area (Å²) in [5, 5.41) is 13.7. The number of carbonyl (C=O) groups excluding carboxylic acids is 1. The highest BCUT2D eigenvalue weighted by Crippen LogP contribution is 2.27. The maximum Gasteiger partial charge on any atom is 0.293 e. The van der Waals surface area contributed by atoms with Crippen LogP contribution in [-0.4, -0.2) is 52.2 Å². The predicted octanol–water partition coefficient (Wildman–Crippen LogP) is 0.771. The van der Waals surface area contributed by atoms with Gasteiger partial charge in [-0.05, 0) is 13.3 Å². The van der Waals surface area contributed by atoms with Gasteiger partial charge in [0.15, 0.2) is 5.82 Å². The molecule has 0 saturated carbocycles. The predicted molar refractivity (Wildman–Crippen MR) is 113 cm³/mol. The lowest BCUT2D eigenvalue weighted by Crippen LogP contribution is -2.50. The molecule has 1 aromatic heterocycles. The first-order chi connectivity index (χ1) is 15.2. The van der Waals surface area contributed by atoms with E-state index < -0.39 is 23.9 Å². The Kier molecular flexibility index (Phi) is 7.03. The second-order valence-corrected chi connectivity index (χ2v) is 7.40. The van der Waals surface area contributed by atoms with Crippen LogP contribution in [0.4, 0.5) is 14.6 Å². The third-order valence-electron chi connectivity index (χ3n) is 4.98. The van der Waals surface area contributed by atoms with Gasteiger partial charge in [-0.3, -0.25) is 24.4 Å². The molecule has 1 aromatic carbocycles. The number of carbonyl (C=O) groups is 1. The maximum atomic E-state index is 14.4. The minimum atomic E-state index is -3.21. The van der Waals surface area contributed by atoms with Crippen LogP contribution in [0.25, 0.3) is 0 Å². The Labute approximate surface area is 182 Å². The van der Waals surface area contributed by atoms with E-state index in [1.165, 1.54) is 35.5 Å². The van der Waals surface area contributed by atoms with E-state index in [1.807, 2.05) is 0 Å². The number of nitrogens with two attached hydrogens (primary N) is 1. The van der Waals surface area contributed by atoms with Crippen LogP contribution in [0, 0.1) is 12.3 Å². The van der Waals surface area contributed by atoms with Crippen LogP contribution < -0.4 is 21.9 Å². The number of nitrogens with one attached hydrogen (secondary N) is 3. The van der Waals surface area contributed by atoms with Crippen molar-refractivity contribution >= 4 is 17.7 Å². The third-order valence-corrected chi connectivity index (χ3v) is 4.98. The van der Waals surface area contributed by atoms with Crippen molar-refractivity contribution in [2.24, 2.45) is 5.73 Å². The first-order valence-corrected chi connectivity index (χ1v) is 9.95. The number of aromatic nitrogens is 2. The summed E-state index contributed by atoms with van der Waals surface area (Å²) in [5.41, 5.74) is 4.90. The van der Waals surface area contributed by atoms with E-state index in [0.29, 0.717) is 18.7 Å². The molecule has 1 atom stereocenters. The van der Waals surface area contributed by atoms with Crippen LogP contribution in [0.5, 0.6) is 0 Å². The zero-order valence-electron chi connectivity index (χ0n) is 17.5. The summed E-state index contributed by atoms with van der Waals surface area (Å²) in [6, 6.07) is 6.95. The van der Waals surface area contributed by atoms with Crippen molar-refractivity contribution in [2.75, 3.05) is 25.0 Å². The van der Waals surface area contributed by atoms with Gasteiger partial charge in [0.2, 0.25) is 11.9 Å². The second-order valence-electron chi connectivity index (χ2n) is 7.40. The molecule has 0 radical (unpaired) electrons. The number of rotatable bonds is 7. The van der Waals surface area contributed by atoms with E-state index >= 15 is 0 Å². The van der Waals surface area contributed by atoms with Gasteiger partial charge in [0.05, 0.1) is 25.7 Å². The van der Waals surface area contributed by atoms with Gasteiger partial charge in [-0.1, -0.05) is 30.3 Å². The van der Waals surface area contributed by atoms with Gasteiger partial charge in [0, 0.05) is 17.5 Å². The average Bonchev–Trinajstić information content (AvgIpc) is 2.77. The second kappa shape index (κ2) is 9.73. The quantitative estimate of drug-likeness (QED) is 0.362. The Morgan fingerprint density at radius 1 is 1.38 bits per heavy atom. The first-order valence-electron chi connectivity index (χ1n) is 9.95. The molecule has 2 heterocycles. The Hall–Kier alpha value is -3.54. The summed E-state index contributed by atoms with van der Waals surface area (Å²) in [7, 11) is 0. The number of hydrogen-bond donors (Lipinski definition) is 4. The number of benzene rings is 1. The SMILES string of the molecule is Cc1cnc(NCC(F)(F)c2ccccc2)c(=O)n1CC(=O)NC1CCN(C(=N)N)OC1. The van der Waals surface area contributed by atoms with Crippen molar-refractivity contribution < 1.29 is 18.4 Å². The molecule has 0 spiro atoms. The lowest BCUT2D eigenvalue weighted by molar-refractivity contribution is -0.143. The topological polar surface area (TPSA) is 138 Å². The molecule has 1 saturated heterocycles. The molecule has 2 aromatic rings. The molecule has 3 rings (SSSR count). The Morgan fingerprint density at radius 2 is 2.09 bits per heavy atom. The maximum absolute atomic E-state index is 14.4. The van der Waals surface area contributed by atoms with Crippen LogP contribution in [0.2, 0.25) is 0 Å². The number of anilines is 1. The highest BCUT2D eigenvalue weighted by atomic mass is 19.3. The largest absolute Gasteiger partial charge is 0.368 e. The number of alkyl halides is 2. The smallest absolute Gasteiger partial charge is 0.293 e. The number of halogens is 2. The molecule has 1 unspecified atom stereocenters. The van der Waals surface area contributed by atoms with E-state index in [-0.39, 0.29) is 36.5 Å². The van der Waals surface area contributed by atoms with Gasteiger partial charge >= 0.3 is 0 Å². The summed E-state index contributed by atoms with van der Waals surface area (Å²) in [6.45, 7) is 0.956. The molecule has 1 amide bonds. The monoisotopic (exact) mass is 449 g/mol. The van der Waals surface area contributed by atoms with E-state index in [4.69, 9.17) is 16.0 Å². The summed E-state index contributed by atoms with van der Waals surface area (Å²) in [4.78, 5) is 34.4. The molecule has 0 bridgehead atoms. The van der Waals surface area contributed by atoms with E-state index in [1.54, 1.807) is 13.0 Å². The molecule has 10 nitrogen and oxygen atoms in total. The van der Waals surface area contributed by atoms with E-state index in [0.717, 1.165) is 4.57 Å². The lowest BCUT2D eigenvalue weighted by Gasteiger charge is -2.31. The van der Waals surface area contributed by atoms with Crippen molar-refractivity contribution in [2.45, 2.75) is 31.9 Å². The molecular weight excluding hydrogens is 424 g/mol. The van der Waals surface area contributed by atoms with Crippen LogP contribution in [0.15, 0.2) is 41.3 Å². The number of hydroxylamine groups is 2. The van der Waals surface area contributed by atoms with Crippen LogP contribution in [0.3, 0.4) is 0 Å². The van der Waals surface area contributed by atoms with E-state index in [2.05, 4.69) is 15.6 Å². The highest BCUT2D eigenvalue weighted by Gasteiger charge is 2.31. The fourth-order valence-electron chi connectivity index (χ4n) is 3.19. The zero-order chi connectivity index (χ0) is 23.3. The highest BCUT2D eigenvalue weighted by molar-refractivity contribution is 5.76. The lowest BCUT2D eigenvalue weighted by atomic mass is 10.1. The number of guanidine groups is 1. The summed E-state index contributed by atoms with van der Waals surface area (Å²) < 4.78 is 30.0. The van der Waals surface area contributed by atoms with Crippen LogP contribution >= 0.6 is 0 Å². The average molecular weight is 449 g/mol. The molecule has 12 heteroatoms. The first kappa shape index (κ1) is 23.1. The molecular formula is C20H25F2N7O3. The Bertz CT molecular complexity index is 1020. The van der Waals surface area contributed by atoms with Crippen molar-refractivity contribution in [3.05, 3.63) is 58.1 Å². The standard InChI is InChI=1S/C20H25F2N7O3/c1-13-9-25-17(26-12-20(21,22)14-5-3-2-4-6-14)18(31)28(13)10-16(30)27-15-7-8-29(19(23)24)32-11-15/h2-6,9,15H,7-8,10-12H2,1H3,(H3,23,24)(H,25,26)(H,27,30). The van der Waals surface area contributed by atoms with Gasteiger partial charge < -0.3 is 16.4 Å². The molecule has 1 fully saturated rings. The van der Waals surface area contributed by atoms with Gasteiger partial charge in [-0.2, -0.15) is 8.78 Å². The van der Waals surface area contributed by atoms with Gasteiger partial charge in [-0.15, -0.1) is 0 Å². The number of aryl methyl sites for hydroxylation is 1. The minimum absolute atomic E-state index is 0.136. The number of hydrogen-bond acceptors (Lipinski definition) is 6. The fraction of sp³-hybridized carbons (Fsp3) is 0.400.